The topological polar surface area (TPSA) is 81.8 Å². The van der Waals surface area contributed by atoms with Crippen molar-refractivity contribution in [2.75, 3.05) is 52.0 Å². The first-order chi connectivity index (χ1) is 9.58. The van der Waals surface area contributed by atoms with E-state index in [4.69, 9.17) is 5.73 Å². The number of benzene rings is 1. The van der Waals surface area contributed by atoms with Crippen molar-refractivity contribution in [3.8, 4) is 5.75 Å². The van der Waals surface area contributed by atoms with E-state index in [0.717, 1.165) is 32.7 Å². The molecule has 1 aromatic rings. The predicted molar refractivity (Wildman–Crippen MR) is 78.8 cm³/mol. The zero-order chi connectivity index (χ0) is 14.5. The third-order valence-electron chi connectivity index (χ3n) is 3.62. The number of phenols is 1. The molecule has 0 unspecified atom stereocenters. The Bertz CT molecular complexity index is 470. The molecule has 1 saturated heterocycles. The van der Waals surface area contributed by atoms with E-state index in [1.807, 2.05) is 0 Å². The van der Waals surface area contributed by atoms with Gasteiger partial charge in [0.05, 0.1) is 11.3 Å². The number of phenolic OH excluding ortho intramolecular Hbond substituents is 1. The van der Waals surface area contributed by atoms with Gasteiger partial charge in [0.1, 0.15) is 0 Å². The first kappa shape index (κ1) is 14.6. The monoisotopic (exact) mass is 278 g/mol. The van der Waals surface area contributed by atoms with Crippen LogP contribution in [-0.2, 0) is 0 Å². The lowest BCUT2D eigenvalue weighted by Crippen LogP contribution is -2.46. The summed E-state index contributed by atoms with van der Waals surface area (Å²) in [4.78, 5) is 16.6. The molecule has 20 heavy (non-hydrogen) atoms. The molecule has 0 bridgehead atoms. The molecule has 0 saturated carbocycles. The smallest absolute Gasteiger partial charge is 0.255 e. The number of anilines is 1. The minimum Gasteiger partial charge on any atom is -0.505 e. The normalized spacial score (nSPS) is 17.1. The van der Waals surface area contributed by atoms with Gasteiger partial charge in [-0.25, -0.2) is 0 Å². The van der Waals surface area contributed by atoms with E-state index in [0.29, 0.717) is 6.54 Å². The third-order valence-corrected chi connectivity index (χ3v) is 3.62. The lowest BCUT2D eigenvalue weighted by molar-refractivity contribution is 0.0938. The second kappa shape index (κ2) is 6.58. The number of nitrogens with two attached hydrogens (primary N) is 1. The Morgan fingerprint density at radius 1 is 1.35 bits per heavy atom. The molecular weight excluding hydrogens is 256 g/mol. The van der Waals surface area contributed by atoms with Crippen molar-refractivity contribution in [3.05, 3.63) is 23.8 Å². The number of carbonyl (C=O) groups excluding carboxylic acids is 1. The van der Waals surface area contributed by atoms with Crippen LogP contribution in [0.2, 0.25) is 0 Å². The van der Waals surface area contributed by atoms with Crippen LogP contribution in [0.25, 0.3) is 0 Å². The van der Waals surface area contributed by atoms with Crippen LogP contribution in [0.3, 0.4) is 0 Å². The fourth-order valence-corrected chi connectivity index (χ4v) is 2.24. The maximum Gasteiger partial charge on any atom is 0.255 e. The number of carbonyl (C=O) groups is 1. The second-order valence-electron chi connectivity index (χ2n) is 5.14. The lowest BCUT2D eigenvalue weighted by atomic mass is 10.1. The van der Waals surface area contributed by atoms with Gasteiger partial charge in [-0.05, 0) is 19.2 Å². The number of nitrogen functional groups attached to an aromatic ring is 1. The van der Waals surface area contributed by atoms with Crippen molar-refractivity contribution in [2.24, 2.45) is 0 Å². The summed E-state index contributed by atoms with van der Waals surface area (Å²) in [5.74, 6) is -0.437. The average molecular weight is 278 g/mol. The quantitative estimate of drug-likeness (QED) is 0.531. The van der Waals surface area contributed by atoms with Gasteiger partial charge >= 0.3 is 0 Å². The summed E-state index contributed by atoms with van der Waals surface area (Å²) in [7, 11) is 2.11. The number of rotatable bonds is 4. The van der Waals surface area contributed by atoms with Crippen LogP contribution < -0.4 is 11.1 Å². The molecule has 6 heteroatoms. The van der Waals surface area contributed by atoms with E-state index in [9.17, 15) is 9.90 Å². The van der Waals surface area contributed by atoms with Crippen LogP contribution in [0.5, 0.6) is 5.75 Å². The molecule has 0 aromatic heterocycles. The molecule has 2 rings (SSSR count). The summed E-state index contributed by atoms with van der Waals surface area (Å²) in [6.45, 7) is 5.55. The highest BCUT2D eigenvalue weighted by Gasteiger charge is 2.15. The molecule has 110 valence electrons. The van der Waals surface area contributed by atoms with E-state index >= 15 is 0 Å². The Kier molecular flexibility index (Phi) is 4.81. The Balaban J connectivity index is 1.79. The Labute approximate surface area is 119 Å². The number of amides is 1. The van der Waals surface area contributed by atoms with Gasteiger partial charge < -0.3 is 21.1 Å². The van der Waals surface area contributed by atoms with Gasteiger partial charge in [0.15, 0.2) is 5.75 Å². The fourth-order valence-electron chi connectivity index (χ4n) is 2.24. The molecular formula is C14H22N4O2. The summed E-state index contributed by atoms with van der Waals surface area (Å²) < 4.78 is 0. The number of piperazine rings is 1. The summed E-state index contributed by atoms with van der Waals surface area (Å²) in [6.07, 6.45) is 0. The summed E-state index contributed by atoms with van der Waals surface area (Å²) in [5.41, 5.74) is 6.02. The summed E-state index contributed by atoms with van der Waals surface area (Å²) >= 11 is 0. The second-order valence-corrected chi connectivity index (χ2v) is 5.14. The van der Waals surface area contributed by atoms with Crippen molar-refractivity contribution < 1.29 is 9.90 Å². The van der Waals surface area contributed by atoms with Crippen LogP contribution in [0.15, 0.2) is 18.2 Å². The van der Waals surface area contributed by atoms with Crippen molar-refractivity contribution in [1.82, 2.24) is 15.1 Å². The maximum atomic E-state index is 12.0. The molecule has 0 aliphatic carbocycles. The molecule has 1 amide bonds. The van der Waals surface area contributed by atoms with Crippen molar-refractivity contribution >= 4 is 11.6 Å². The molecule has 1 aliphatic rings. The van der Waals surface area contributed by atoms with Crippen molar-refractivity contribution in [2.45, 2.75) is 0 Å². The van der Waals surface area contributed by atoms with E-state index in [-0.39, 0.29) is 22.9 Å². The molecule has 0 atom stereocenters. The number of nitrogens with one attached hydrogen (secondary N) is 1. The molecule has 1 aliphatic heterocycles. The first-order valence-electron chi connectivity index (χ1n) is 6.84. The van der Waals surface area contributed by atoms with Crippen LogP contribution in [0, 0.1) is 0 Å². The average Bonchev–Trinajstić information content (AvgIpc) is 2.44. The SMILES string of the molecule is CN1CCN(CCNC(=O)c2cccc(N)c2O)CC1. The number of likely N-dealkylation sites (N-methyl/N-ethyl adjacent to an activating group) is 1. The van der Waals surface area contributed by atoms with Crippen molar-refractivity contribution in [1.29, 1.82) is 0 Å². The van der Waals surface area contributed by atoms with E-state index in [1.165, 1.54) is 0 Å². The van der Waals surface area contributed by atoms with Gasteiger partial charge in [0.2, 0.25) is 0 Å². The van der Waals surface area contributed by atoms with Crippen LogP contribution >= 0.6 is 0 Å². The van der Waals surface area contributed by atoms with Gasteiger partial charge in [0.25, 0.3) is 5.91 Å². The van der Waals surface area contributed by atoms with Crippen LogP contribution in [0.4, 0.5) is 5.69 Å². The van der Waals surface area contributed by atoms with Gasteiger partial charge in [0, 0.05) is 39.3 Å². The Morgan fingerprint density at radius 3 is 2.75 bits per heavy atom. The minimum absolute atomic E-state index is 0.149. The zero-order valence-electron chi connectivity index (χ0n) is 11.8. The highest BCUT2D eigenvalue weighted by atomic mass is 16.3. The summed E-state index contributed by atoms with van der Waals surface area (Å²) in [5, 5.41) is 12.6. The van der Waals surface area contributed by atoms with E-state index in [2.05, 4.69) is 22.2 Å². The highest BCUT2D eigenvalue weighted by Crippen LogP contribution is 2.23. The van der Waals surface area contributed by atoms with Gasteiger partial charge in [-0.15, -0.1) is 0 Å². The van der Waals surface area contributed by atoms with E-state index in [1.54, 1.807) is 18.2 Å². The third kappa shape index (κ3) is 3.61. The predicted octanol–water partition coefficient (Wildman–Crippen LogP) is -0.0484. The van der Waals surface area contributed by atoms with Crippen LogP contribution in [-0.4, -0.2) is 67.1 Å². The maximum absolute atomic E-state index is 12.0. The number of nitrogens with zero attached hydrogens (tertiary/aromatic N) is 2. The highest BCUT2D eigenvalue weighted by molar-refractivity contribution is 5.98. The summed E-state index contributed by atoms with van der Waals surface area (Å²) in [6, 6.07) is 4.79. The lowest BCUT2D eigenvalue weighted by Gasteiger charge is -2.32. The Morgan fingerprint density at radius 2 is 2.05 bits per heavy atom. The molecule has 1 aromatic carbocycles. The molecule has 6 nitrogen and oxygen atoms in total. The molecule has 0 radical (unpaired) electrons. The van der Waals surface area contributed by atoms with Gasteiger partial charge in [-0.2, -0.15) is 0 Å². The fraction of sp³-hybridized carbons (Fsp3) is 0.500. The number of hydrogen-bond acceptors (Lipinski definition) is 5. The molecule has 1 fully saturated rings. The number of hydrogen-bond donors (Lipinski definition) is 3. The zero-order valence-corrected chi connectivity index (χ0v) is 11.8. The molecule has 4 N–H and O–H groups in total. The largest absolute Gasteiger partial charge is 0.505 e. The van der Waals surface area contributed by atoms with Gasteiger partial charge in [-0.1, -0.05) is 6.07 Å². The van der Waals surface area contributed by atoms with Crippen molar-refractivity contribution in [3.63, 3.8) is 0 Å². The number of para-hydroxylation sites is 1. The molecule has 1 heterocycles. The van der Waals surface area contributed by atoms with E-state index < -0.39 is 0 Å². The Hall–Kier alpha value is -1.79. The van der Waals surface area contributed by atoms with Gasteiger partial charge in [-0.3, -0.25) is 9.69 Å². The number of aromatic hydroxyl groups is 1. The van der Waals surface area contributed by atoms with Crippen LogP contribution in [0.1, 0.15) is 10.4 Å². The standard InChI is InChI=1S/C14H22N4O2/c1-17-7-9-18(10-8-17)6-5-16-14(20)11-3-2-4-12(15)13(11)19/h2-4,19H,5-10,15H2,1H3,(H,16,20). The minimum atomic E-state index is -0.288. The molecule has 0 spiro atoms. The first-order valence-corrected chi connectivity index (χ1v) is 6.84.